The SMILES string of the molecule is CCOC(=O)c1ccc(COc2c(Cl)cc(/C=c3/sc4n(c3=O)[C@@H](c3ccc(OCC)c(OCC)c3)C(C(=O)OC)=CN=4)cc2OC)cc1. The first-order valence-corrected chi connectivity index (χ1v) is 16.7. The molecule has 0 aliphatic carbocycles. The summed E-state index contributed by atoms with van der Waals surface area (Å²) in [6, 6.07) is 14.7. The second kappa shape index (κ2) is 15.9. The Hall–Kier alpha value is -5.07. The molecule has 1 atom stereocenters. The van der Waals surface area contributed by atoms with Gasteiger partial charge in [-0.3, -0.25) is 9.36 Å². The number of rotatable bonds is 13. The highest BCUT2D eigenvalue weighted by Crippen LogP contribution is 2.38. The molecule has 5 rings (SSSR count). The molecule has 3 aromatic carbocycles. The fraction of sp³-hybridized carbons (Fsp3) is 0.278. The molecule has 1 aliphatic heterocycles. The van der Waals surface area contributed by atoms with Crippen molar-refractivity contribution in [2.24, 2.45) is 4.99 Å². The molecule has 4 aromatic rings. The Bertz CT molecular complexity index is 2070. The summed E-state index contributed by atoms with van der Waals surface area (Å²) < 4.78 is 35.1. The number of fused-ring (bicyclic) bond motifs is 1. The average molecular weight is 707 g/mol. The zero-order valence-electron chi connectivity index (χ0n) is 27.6. The van der Waals surface area contributed by atoms with E-state index in [1.807, 2.05) is 13.8 Å². The van der Waals surface area contributed by atoms with E-state index in [0.29, 0.717) is 68.8 Å². The van der Waals surface area contributed by atoms with Crippen LogP contribution in [0.3, 0.4) is 0 Å². The predicted octanol–water partition coefficient (Wildman–Crippen LogP) is 5.23. The van der Waals surface area contributed by atoms with Crippen LogP contribution in [0.25, 0.3) is 6.08 Å². The fourth-order valence-electron chi connectivity index (χ4n) is 5.21. The second-order valence-electron chi connectivity index (χ2n) is 10.5. The lowest BCUT2D eigenvalue weighted by atomic mass is 9.97. The summed E-state index contributed by atoms with van der Waals surface area (Å²) in [5.41, 5.74) is 2.28. The molecule has 1 aliphatic rings. The Morgan fingerprint density at radius 1 is 0.898 bits per heavy atom. The lowest BCUT2D eigenvalue weighted by Gasteiger charge is -2.23. The topological polar surface area (TPSA) is 124 Å². The number of esters is 2. The summed E-state index contributed by atoms with van der Waals surface area (Å²) in [5, 5.41) is 0.269. The third-order valence-electron chi connectivity index (χ3n) is 7.41. The van der Waals surface area contributed by atoms with Crippen molar-refractivity contribution < 1.29 is 38.0 Å². The first-order valence-electron chi connectivity index (χ1n) is 15.5. The monoisotopic (exact) mass is 706 g/mol. The maximum atomic E-state index is 14.0. The molecule has 0 spiro atoms. The number of aromatic nitrogens is 1. The maximum absolute atomic E-state index is 14.0. The molecular formula is C36H35ClN2O9S. The molecular weight excluding hydrogens is 672 g/mol. The van der Waals surface area contributed by atoms with E-state index >= 15 is 0 Å². The molecule has 1 aromatic heterocycles. The maximum Gasteiger partial charge on any atom is 0.338 e. The van der Waals surface area contributed by atoms with E-state index in [-0.39, 0.29) is 22.8 Å². The number of carbonyl (C=O) groups excluding carboxylic acids is 2. The zero-order valence-corrected chi connectivity index (χ0v) is 29.2. The highest BCUT2D eigenvalue weighted by Gasteiger charge is 2.31. The fourth-order valence-corrected chi connectivity index (χ4v) is 6.45. The highest BCUT2D eigenvalue weighted by atomic mass is 35.5. The molecule has 0 amide bonds. The minimum Gasteiger partial charge on any atom is -0.493 e. The van der Waals surface area contributed by atoms with Crippen molar-refractivity contribution in [3.8, 4) is 23.0 Å². The summed E-state index contributed by atoms with van der Waals surface area (Å²) in [7, 11) is 2.77. The van der Waals surface area contributed by atoms with Crippen LogP contribution < -0.4 is 33.8 Å². The first-order chi connectivity index (χ1) is 23.7. The van der Waals surface area contributed by atoms with E-state index in [9.17, 15) is 14.4 Å². The van der Waals surface area contributed by atoms with Crippen LogP contribution in [0.15, 0.2) is 76.2 Å². The van der Waals surface area contributed by atoms with Gasteiger partial charge in [-0.1, -0.05) is 41.1 Å². The van der Waals surface area contributed by atoms with Crippen molar-refractivity contribution in [1.29, 1.82) is 0 Å². The Balaban J connectivity index is 1.49. The number of hydrogen-bond acceptors (Lipinski definition) is 11. The number of benzene rings is 3. The first kappa shape index (κ1) is 35.2. The normalized spacial score (nSPS) is 13.9. The van der Waals surface area contributed by atoms with Crippen LogP contribution in [0.4, 0.5) is 0 Å². The Kier molecular flexibility index (Phi) is 11.4. The van der Waals surface area contributed by atoms with Crippen LogP contribution in [0.5, 0.6) is 23.0 Å². The van der Waals surface area contributed by atoms with E-state index in [2.05, 4.69) is 4.99 Å². The molecule has 0 radical (unpaired) electrons. The van der Waals surface area contributed by atoms with Crippen molar-refractivity contribution in [1.82, 2.24) is 4.57 Å². The van der Waals surface area contributed by atoms with Crippen LogP contribution in [0, 0.1) is 0 Å². The highest BCUT2D eigenvalue weighted by molar-refractivity contribution is 7.07. The molecule has 2 heterocycles. The van der Waals surface area contributed by atoms with Crippen LogP contribution in [-0.4, -0.2) is 50.5 Å². The standard InChI is InChI=1S/C36H35ClN2O9S/c1-6-45-27-14-13-24(18-28(27)46-7-2)31-25(35(42)44-5)19-38-36-39(31)33(40)30(49-36)17-22-15-26(37)32(29(16-22)43-4)48-20-21-9-11-23(12-10-21)34(41)47-8-3/h9-19,31H,6-8,20H2,1-5H3/b30-17+/t31-/m0/s1. The van der Waals surface area contributed by atoms with Crippen molar-refractivity contribution in [3.05, 3.63) is 113 Å². The minimum absolute atomic E-state index is 0.163. The van der Waals surface area contributed by atoms with Crippen LogP contribution in [0.2, 0.25) is 5.02 Å². The van der Waals surface area contributed by atoms with Crippen molar-refractivity contribution >= 4 is 41.0 Å². The molecule has 0 unspecified atom stereocenters. The molecule has 0 N–H and O–H groups in total. The van der Waals surface area contributed by atoms with Crippen molar-refractivity contribution in [3.63, 3.8) is 0 Å². The molecule has 11 nitrogen and oxygen atoms in total. The van der Waals surface area contributed by atoms with Gasteiger partial charge < -0.3 is 28.4 Å². The summed E-state index contributed by atoms with van der Waals surface area (Å²) in [4.78, 5) is 43.7. The lowest BCUT2D eigenvalue weighted by molar-refractivity contribution is -0.136. The van der Waals surface area contributed by atoms with Gasteiger partial charge in [-0.05, 0) is 79.9 Å². The van der Waals surface area contributed by atoms with E-state index in [1.54, 1.807) is 67.6 Å². The number of nitrogens with zero attached hydrogens (tertiary/aromatic N) is 2. The van der Waals surface area contributed by atoms with Gasteiger partial charge in [0.25, 0.3) is 5.56 Å². The minimum atomic E-state index is -0.832. The van der Waals surface area contributed by atoms with Gasteiger partial charge in [0.05, 0.1) is 60.8 Å². The number of hydrogen-bond donors (Lipinski definition) is 0. The molecule has 13 heteroatoms. The van der Waals surface area contributed by atoms with Crippen LogP contribution >= 0.6 is 22.9 Å². The molecule has 0 fully saturated rings. The second-order valence-corrected chi connectivity index (χ2v) is 11.9. The van der Waals surface area contributed by atoms with E-state index in [1.165, 1.54) is 36.3 Å². The van der Waals surface area contributed by atoms with E-state index in [4.69, 9.17) is 40.0 Å². The average Bonchev–Trinajstić information content (AvgIpc) is 3.42. The van der Waals surface area contributed by atoms with Crippen LogP contribution in [0.1, 0.15) is 53.9 Å². The van der Waals surface area contributed by atoms with Gasteiger partial charge in [0.2, 0.25) is 0 Å². The smallest absolute Gasteiger partial charge is 0.338 e. The third kappa shape index (κ3) is 7.65. The number of ether oxygens (including phenoxy) is 6. The Morgan fingerprint density at radius 3 is 2.31 bits per heavy atom. The number of thiazole rings is 1. The van der Waals surface area contributed by atoms with Gasteiger partial charge in [0.1, 0.15) is 6.61 Å². The Labute approximate surface area is 291 Å². The van der Waals surface area contributed by atoms with Gasteiger partial charge in [-0.25, -0.2) is 14.6 Å². The Morgan fingerprint density at radius 2 is 1.63 bits per heavy atom. The summed E-state index contributed by atoms with van der Waals surface area (Å²) >= 11 is 7.84. The van der Waals surface area contributed by atoms with Gasteiger partial charge >= 0.3 is 11.9 Å². The molecule has 49 heavy (non-hydrogen) atoms. The van der Waals surface area contributed by atoms with Crippen molar-refractivity contribution in [2.75, 3.05) is 34.0 Å². The lowest BCUT2D eigenvalue weighted by Crippen LogP contribution is -2.39. The predicted molar refractivity (Wildman–Crippen MR) is 185 cm³/mol. The van der Waals surface area contributed by atoms with E-state index in [0.717, 1.165) is 5.56 Å². The third-order valence-corrected chi connectivity index (χ3v) is 8.68. The molecule has 0 saturated carbocycles. The zero-order chi connectivity index (χ0) is 35.1. The summed E-state index contributed by atoms with van der Waals surface area (Å²) in [5.74, 6) is 0.710. The van der Waals surface area contributed by atoms with Gasteiger partial charge in [-0.2, -0.15) is 0 Å². The van der Waals surface area contributed by atoms with Gasteiger partial charge in [0.15, 0.2) is 27.8 Å². The summed E-state index contributed by atoms with van der Waals surface area (Å²) in [6.07, 6.45) is 3.11. The van der Waals surface area contributed by atoms with Gasteiger partial charge in [-0.15, -0.1) is 0 Å². The van der Waals surface area contributed by atoms with Crippen molar-refractivity contribution in [2.45, 2.75) is 33.4 Å². The number of carbonyl (C=O) groups is 2. The number of halogens is 1. The largest absolute Gasteiger partial charge is 0.493 e. The molecule has 0 bridgehead atoms. The quantitative estimate of drug-likeness (QED) is 0.172. The molecule has 256 valence electrons. The molecule has 0 saturated heterocycles. The summed E-state index contributed by atoms with van der Waals surface area (Å²) in [6.45, 7) is 6.78. The van der Waals surface area contributed by atoms with Gasteiger partial charge in [0, 0.05) is 6.20 Å². The van der Waals surface area contributed by atoms with Crippen LogP contribution in [-0.2, 0) is 20.9 Å². The van der Waals surface area contributed by atoms with E-state index < -0.39 is 18.0 Å². The number of methoxy groups -OCH3 is 2.